The van der Waals surface area contributed by atoms with Crippen LogP contribution in [0.5, 0.6) is 0 Å². The first kappa shape index (κ1) is 8.80. The molecule has 1 aliphatic rings. The van der Waals surface area contributed by atoms with Gasteiger partial charge in [0.05, 0.1) is 11.0 Å². The fourth-order valence-corrected chi connectivity index (χ4v) is 2.10. The summed E-state index contributed by atoms with van der Waals surface area (Å²) in [4.78, 5) is 8.53. The second-order valence-corrected chi connectivity index (χ2v) is 4.41. The molecule has 2 atom stereocenters. The van der Waals surface area contributed by atoms with Crippen LogP contribution in [-0.2, 0) is 5.54 Å². The number of nitrogens with two attached hydrogens (primary N) is 1. The first-order chi connectivity index (χ1) is 7.20. The predicted octanol–water partition coefficient (Wildman–Crippen LogP) is 1.82. The second-order valence-electron chi connectivity index (χ2n) is 4.41. The SMILES string of the molecule is CC1CC1(N)c1ccc2nccnc2c1. The summed E-state index contributed by atoms with van der Waals surface area (Å²) in [5.74, 6) is 0.576. The molecule has 1 fully saturated rings. The molecule has 2 unspecified atom stereocenters. The Labute approximate surface area is 88.3 Å². The van der Waals surface area contributed by atoms with Crippen LogP contribution in [0.4, 0.5) is 0 Å². The minimum Gasteiger partial charge on any atom is -0.321 e. The molecule has 0 aliphatic heterocycles. The Bertz CT molecular complexity index is 523. The van der Waals surface area contributed by atoms with Gasteiger partial charge >= 0.3 is 0 Å². The lowest BCUT2D eigenvalue weighted by atomic mass is 10.0. The van der Waals surface area contributed by atoms with Crippen molar-refractivity contribution < 1.29 is 0 Å². The van der Waals surface area contributed by atoms with E-state index in [4.69, 9.17) is 5.73 Å². The molecule has 15 heavy (non-hydrogen) atoms. The highest BCUT2D eigenvalue weighted by Crippen LogP contribution is 2.49. The number of fused-ring (bicyclic) bond motifs is 1. The number of hydrogen-bond donors (Lipinski definition) is 1. The normalized spacial score (nSPS) is 29.3. The van der Waals surface area contributed by atoms with Crippen molar-refractivity contribution in [1.29, 1.82) is 0 Å². The van der Waals surface area contributed by atoms with Gasteiger partial charge in [-0.25, -0.2) is 0 Å². The van der Waals surface area contributed by atoms with Crippen LogP contribution in [0.3, 0.4) is 0 Å². The van der Waals surface area contributed by atoms with Gasteiger partial charge in [-0.1, -0.05) is 13.0 Å². The summed E-state index contributed by atoms with van der Waals surface area (Å²) >= 11 is 0. The molecule has 0 spiro atoms. The molecule has 3 rings (SSSR count). The monoisotopic (exact) mass is 199 g/mol. The first-order valence-electron chi connectivity index (χ1n) is 5.20. The quantitative estimate of drug-likeness (QED) is 0.762. The minimum absolute atomic E-state index is 0.119. The van der Waals surface area contributed by atoms with E-state index in [9.17, 15) is 0 Å². The van der Waals surface area contributed by atoms with Gasteiger partial charge in [-0.05, 0) is 30.0 Å². The van der Waals surface area contributed by atoms with Gasteiger partial charge in [0.25, 0.3) is 0 Å². The van der Waals surface area contributed by atoms with Crippen LogP contribution < -0.4 is 5.73 Å². The van der Waals surface area contributed by atoms with Crippen LogP contribution in [-0.4, -0.2) is 9.97 Å². The molecule has 1 heterocycles. The van der Waals surface area contributed by atoms with Crippen molar-refractivity contribution in [2.75, 3.05) is 0 Å². The molecule has 3 heteroatoms. The van der Waals surface area contributed by atoms with Crippen molar-refractivity contribution >= 4 is 11.0 Å². The molecule has 1 saturated carbocycles. The molecule has 1 aliphatic carbocycles. The van der Waals surface area contributed by atoms with Crippen molar-refractivity contribution in [3.05, 3.63) is 36.2 Å². The van der Waals surface area contributed by atoms with Crippen molar-refractivity contribution in [3.8, 4) is 0 Å². The van der Waals surface area contributed by atoms with Crippen molar-refractivity contribution in [1.82, 2.24) is 9.97 Å². The largest absolute Gasteiger partial charge is 0.321 e. The third-order valence-corrected chi connectivity index (χ3v) is 3.37. The van der Waals surface area contributed by atoms with Crippen molar-refractivity contribution in [2.24, 2.45) is 11.7 Å². The number of aromatic nitrogens is 2. The summed E-state index contributed by atoms with van der Waals surface area (Å²) in [5.41, 5.74) is 9.18. The van der Waals surface area contributed by atoms with Gasteiger partial charge < -0.3 is 5.73 Å². The zero-order valence-electron chi connectivity index (χ0n) is 8.64. The Morgan fingerprint density at radius 3 is 2.60 bits per heavy atom. The zero-order chi connectivity index (χ0) is 10.5. The lowest BCUT2D eigenvalue weighted by Gasteiger charge is -2.10. The Balaban J connectivity index is 2.15. The highest BCUT2D eigenvalue weighted by atomic mass is 14.9. The number of hydrogen-bond acceptors (Lipinski definition) is 3. The van der Waals surface area contributed by atoms with Crippen molar-refractivity contribution in [3.63, 3.8) is 0 Å². The summed E-state index contributed by atoms with van der Waals surface area (Å²) in [6.07, 6.45) is 4.49. The Morgan fingerprint density at radius 2 is 1.93 bits per heavy atom. The van der Waals surface area contributed by atoms with E-state index in [1.165, 1.54) is 5.56 Å². The molecule has 3 nitrogen and oxygen atoms in total. The smallest absolute Gasteiger partial charge is 0.0890 e. The topological polar surface area (TPSA) is 51.8 Å². The molecular formula is C12H13N3. The van der Waals surface area contributed by atoms with Crippen LogP contribution in [0.25, 0.3) is 11.0 Å². The maximum atomic E-state index is 6.25. The molecule has 0 amide bonds. The average Bonchev–Trinajstić information content (AvgIpc) is 2.88. The molecule has 2 N–H and O–H groups in total. The fraction of sp³-hybridized carbons (Fsp3) is 0.333. The number of nitrogens with zero attached hydrogens (tertiary/aromatic N) is 2. The van der Waals surface area contributed by atoms with Crippen LogP contribution >= 0.6 is 0 Å². The highest BCUT2D eigenvalue weighted by Gasteiger charge is 2.48. The molecular weight excluding hydrogens is 186 g/mol. The summed E-state index contributed by atoms with van der Waals surface area (Å²) < 4.78 is 0. The van der Waals surface area contributed by atoms with E-state index in [0.29, 0.717) is 5.92 Å². The van der Waals surface area contributed by atoms with E-state index < -0.39 is 0 Å². The molecule has 0 saturated heterocycles. The first-order valence-corrected chi connectivity index (χ1v) is 5.20. The molecule has 1 aromatic heterocycles. The summed E-state index contributed by atoms with van der Waals surface area (Å²) in [7, 11) is 0. The van der Waals surface area contributed by atoms with Gasteiger partial charge in [-0.2, -0.15) is 0 Å². The predicted molar refractivity (Wildman–Crippen MR) is 59.2 cm³/mol. The van der Waals surface area contributed by atoms with E-state index in [2.05, 4.69) is 29.0 Å². The van der Waals surface area contributed by atoms with Gasteiger partial charge in [-0.15, -0.1) is 0 Å². The Morgan fingerprint density at radius 1 is 1.27 bits per heavy atom. The standard InChI is InChI=1S/C12H13N3/c1-8-7-12(8,13)9-2-3-10-11(6-9)15-5-4-14-10/h2-6,8H,7,13H2,1H3. The fourth-order valence-electron chi connectivity index (χ4n) is 2.10. The van der Waals surface area contributed by atoms with Gasteiger partial charge in [-0.3, -0.25) is 9.97 Å². The zero-order valence-corrected chi connectivity index (χ0v) is 8.64. The van der Waals surface area contributed by atoms with Crippen LogP contribution in [0.2, 0.25) is 0 Å². The molecule has 0 radical (unpaired) electrons. The average molecular weight is 199 g/mol. The van der Waals surface area contributed by atoms with Gasteiger partial charge in [0.2, 0.25) is 0 Å². The molecule has 2 aromatic rings. The van der Waals surface area contributed by atoms with Crippen LogP contribution in [0, 0.1) is 5.92 Å². The van der Waals surface area contributed by atoms with Gasteiger partial charge in [0.1, 0.15) is 0 Å². The maximum Gasteiger partial charge on any atom is 0.0890 e. The number of benzene rings is 1. The molecule has 0 bridgehead atoms. The summed E-state index contributed by atoms with van der Waals surface area (Å²) in [6, 6.07) is 6.13. The van der Waals surface area contributed by atoms with E-state index in [1.54, 1.807) is 12.4 Å². The highest BCUT2D eigenvalue weighted by molar-refractivity contribution is 5.75. The summed E-state index contributed by atoms with van der Waals surface area (Å²) in [6.45, 7) is 2.18. The molecule has 76 valence electrons. The van der Waals surface area contributed by atoms with Crippen molar-refractivity contribution in [2.45, 2.75) is 18.9 Å². The van der Waals surface area contributed by atoms with Gasteiger partial charge in [0.15, 0.2) is 0 Å². The lowest BCUT2D eigenvalue weighted by molar-refractivity contribution is 0.665. The Hall–Kier alpha value is -1.48. The number of rotatable bonds is 1. The van der Waals surface area contributed by atoms with E-state index in [-0.39, 0.29) is 5.54 Å². The molecule has 1 aromatic carbocycles. The second kappa shape index (κ2) is 2.76. The minimum atomic E-state index is -0.119. The van der Waals surface area contributed by atoms with Crippen LogP contribution in [0.15, 0.2) is 30.6 Å². The van der Waals surface area contributed by atoms with Gasteiger partial charge in [0, 0.05) is 17.9 Å². The third-order valence-electron chi connectivity index (χ3n) is 3.37. The van der Waals surface area contributed by atoms with E-state index >= 15 is 0 Å². The maximum absolute atomic E-state index is 6.25. The Kier molecular flexibility index (Phi) is 1.62. The summed E-state index contributed by atoms with van der Waals surface area (Å²) in [5, 5.41) is 0. The van der Waals surface area contributed by atoms with Crippen LogP contribution in [0.1, 0.15) is 18.9 Å². The van der Waals surface area contributed by atoms with E-state index in [0.717, 1.165) is 17.5 Å². The third kappa shape index (κ3) is 1.23. The van der Waals surface area contributed by atoms with E-state index in [1.807, 2.05) is 6.07 Å². The lowest BCUT2D eigenvalue weighted by Crippen LogP contribution is -2.21.